The predicted octanol–water partition coefficient (Wildman–Crippen LogP) is 1.83. The Labute approximate surface area is 114 Å². The van der Waals surface area contributed by atoms with Gasteiger partial charge in [0.25, 0.3) is 0 Å². The van der Waals surface area contributed by atoms with Crippen LogP contribution in [0.5, 0.6) is 0 Å². The van der Waals surface area contributed by atoms with Gasteiger partial charge in [-0.15, -0.1) is 5.10 Å². The van der Waals surface area contributed by atoms with Gasteiger partial charge in [0.15, 0.2) is 0 Å². The summed E-state index contributed by atoms with van der Waals surface area (Å²) in [6.45, 7) is 2.12. The topological polar surface area (TPSA) is 69.9 Å². The van der Waals surface area contributed by atoms with E-state index in [1.807, 2.05) is 30.3 Å². The summed E-state index contributed by atoms with van der Waals surface area (Å²) in [6, 6.07) is 9.52. The number of esters is 1. The normalized spacial score (nSPS) is 10.8. The first-order valence-electron chi connectivity index (χ1n) is 5.65. The van der Waals surface area contributed by atoms with Crippen LogP contribution in [0.15, 0.2) is 47.0 Å². The Morgan fingerprint density at radius 2 is 2.21 bits per heavy atom. The number of para-hydroxylation sites is 1. The van der Waals surface area contributed by atoms with Crippen molar-refractivity contribution in [1.29, 1.82) is 0 Å². The highest BCUT2D eigenvalue weighted by molar-refractivity contribution is 8.02. The van der Waals surface area contributed by atoms with Gasteiger partial charge in [0, 0.05) is 6.08 Å². The van der Waals surface area contributed by atoms with E-state index in [-0.39, 0.29) is 5.97 Å². The smallest absolute Gasteiger partial charge is 0.331 e. The summed E-state index contributed by atoms with van der Waals surface area (Å²) in [5.74, 6) is -0.381. The van der Waals surface area contributed by atoms with E-state index in [0.717, 1.165) is 5.69 Å². The van der Waals surface area contributed by atoms with E-state index >= 15 is 0 Å². The van der Waals surface area contributed by atoms with E-state index in [0.29, 0.717) is 11.8 Å². The molecule has 98 valence electrons. The van der Waals surface area contributed by atoms with Crippen molar-refractivity contribution in [3.05, 3.63) is 41.8 Å². The van der Waals surface area contributed by atoms with E-state index in [1.165, 1.54) is 17.8 Å². The Balaban J connectivity index is 2.07. The van der Waals surface area contributed by atoms with Crippen LogP contribution in [0, 0.1) is 0 Å². The first-order valence-corrected chi connectivity index (χ1v) is 6.53. The zero-order chi connectivity index (χ0) is 13.5. The first kappa shape index (κ1) is 13.3. The number of carbonyl (C=O) groups is 1. The third-order valence-corrected chi connectivity index (χ3v) is 2.84. The van der Waals surface area contributed by atoms with Gasteiger partial charge in [-0.3, -0.25) is 0 Å². The number of nitrogens with zero attached hydrogens (tertiary/aromatic N) is 4. The molecule has 0 amide bonds. The highest BCUT2D eigenvalue weighted by Crippen LogP contribution is 2.18. The van der Waals surface area contributed by atoms with Crippen LogP contribution in [0.25, 0.3) is 5.69 Å². The Bertz CT molecular complexity index is 568. The van der Waals surface area contributed by atoms with Crippen LogP contribution >= 0.6 is 11.8 Å². The molecule has 7 heteroatoms. The van der Waals surface area contributed by atoms with Crippen LogP contribution in [0.3, 0.4) is 0 Å². The summed E-state index contributed by atoms with van der Waals surface area (Å²) in [4.78, 5) is 11.1. The summed E-state index contributed by atoms with van der Waals surface area (Å²) in [6.07, 6.45) is 1.35. The Hall–Kier alpha value is -2.15. The molecule has 0 aliphatic carbocycles. The Kier molecular flexibility index (Phi) is 4.68. The van der Waals surface area contributed by atoms with Gasteiger partial charge in [0.2, 0.25) is 5.16 Å². The molecule has 0 saturated carbocycles. The van der Waals surface area contributed by atoms with Crippen molar-refractivity contribution in [3.63, 3.8) is 0 Å². The Morgan fingerprint density at radius 1 is 1.42 bits per heavy atom. The van der Waals surface area contributed by atoms with E-state index in [9.17, 15) is 4.79 Å². The quantitative estimate of drug-likeness (QED) is 0.471. The summed E-state index contributed by atoms with van der Waals surface area (Å²) in [7, 11) is 0. The summed E-state index contributed by atoms with van der Waals surface area (Å²) < 4.78 is 6.38. The molecule has 0 aliphatic rings. The molecule has 0 saturated heterocycles. The molecule has 0 fully saturated rings. The maximum atomic E-state index is 11.1. The van der Waals surface area contributed by atoms with Gasteiger partial charge < -0.3 is 4.74 Å². The van der Waals surface area contributed by atoms with Crippen molar-refractivity contribution >= 4 is 17.7 Å². The van der Waals surface area contributed by atoms with Crippen LogP contribution in [0.4, 0.5) is 0 Å². The zero-order valence-corrected chi connectivity index (χ0v) is 11.1. The van der Waals surface area contributed by atoms with Gasteiger partial charge >= 0.3 is 5.97 Å². The minimum atomic E-state index is -0.381. The zero-order valence-electron chi connectivity index (χ0n) is 10.3. The lowest BCUT2D eigenvalue weighted by molar-refractivity contribution is -0.137. The molecule has 1 aromatic heterocycles. The van der Waals surface area contributed by atoms with Gasteiger partial charge in [-0.25, -0.2) is 4.79 Å². The SMILES string of the molecule is CCOC(=O)/C=C\Sc1nnnn1-c1ccccc1. The minimum absolute atomic E-state index is 0.357. The molecular formula is C12H12N4O2S. The molecule has 1 heterocycles. The number of hydrogen-bond donors (Lipinski definition) is 0. The lowest BCUT2D eigenvalue weighted by atomic mass is 10.3. The molecule has 2 aromatic rings. The molecule has 1 aromatic carbocycles. The number of aromatic nitrogens is 4. The number of thioether (sulfide) groups is 1. The fourth-order valence-electron chi connectivity index (χ4n) is 1.32. The standard InChI is InChI=1S/C12H12N4O2S/c1-2-18-11(17)8-9-19-12-13-14-15-16(12)10-6-4-3-5-7-10/h3-9H,2H2,1H3/b9-8-. The highest BCUT2D eigenvalue weighted by Gasteiger charge is 2.06. The number of ether oxygens (including phenoxy) is 1. The highest BCUT2D eigenvalue weighted by atomic mass is 32.2. The summed E-state index contributed by atoms with van der Waals surface area (Å²) in [5, 5.41) is 13.6. The van der Waals surface area contributed by atoms with Crippen LogP contribution in [-0.2, 0) is 9.53 Å². The van der Waals surface area contributed by atoms with Crippen molar-refractivity contribution in [2.24, 2.45) is 0 Å². The molecule has 0 radical (unpaired) electrons. The van der Waals surface area contributed by atoms with Crippen molar-refractivity contribution in [2.75, 3.05) is 6.61 Å². The number of rotatable bonds is 5. The average molecular weight is 276 g/mol. The molecule has 0 spiro atoms. The molecule has 0 bridgehead atoms. The van der Waals surface area contributed by atoms with Crippen LogP contribution in [-0.4, -0.2) is 32.8 Å². The maximum Gasteiger partial charge on any atom is 0.331 e. The van der Waals surface area contributed by atoms with Crippen LogP contribution in [0.1, 0.15) is 6.92 Å². The van der Waals surface area contributed by atoms with Gasteiger partial charge in [-0.1, -0.05) is 30.0 Å². The number of hydrogen-bond acceptors (Lipinski definition) is 6. The van der Waals surface area contributed by atoms with Gasteiger partial charge in [0.05, 0.1) is 12.3 Å². The van der Waals surface area contributed by atoms with E-state index in [2.05, 4.69) is 15.5 Å². The van der Waals surface area contributed by atoms with E-state index < -0.39 is 0 Å². The van der Waals surface area contributed by atoms with E-state index in [1.54, 1.807) is 17.0 Å². The largest absolute Gasteiger partial charge is 0.463 e. The molecular weight excluding hydrogens is 264 g/mol. The molecule has 0 unspecified atom stereocenters. The van der Waals surface area contributed by atoms with Gasteiger partial charge in [0.1, 0.15) is 0 Å². The fraction of sp³-hybridized carbons (Fsp3) is 0.167. The Morgan fingerprint density at radius 3 is 2.95 bits per heavy atom. The second-order valence-corrected chi connectivity index (χ2v) is 4.25. The predicted molar refractivity (Wildman–Crippen MR) is 70.8 cm³/mol. The van der Waals surface area contributed by atoms with Crippen molar-refractivity contribution in [3.8, 4) is 5.69 Å². The summed E-state index contributed by atoms with van der Waals surface area (Å²) >= 11 is 1.25. The molecule has 19 heavy (non-hydrogen) atoms. The number of benzene rings is 1. The first-order chi connectivity index (χ1) is 9.31. The molecule has 0 N–H and O–H groups in total. The van der Waals surface area contributed by atoms with Gasteiger partial charge in [-0.2, -0.15) is 4.68 Å². The second-order valence-electron chi connectivity index (χ2n) is 3.38. The monoisotopic (exact) mass is 276 g/mol. The van der Waals surface area contributed by atoms with Crippen molar-refractivity contribution in [2.45, 2.75) is 12.1 Å². The number of carbonyl (C=O) groups excluding carboxylic acids is 1. The van der Waals surface area contributed by atoms with Crippen LogP contribution in [0.2, 0.25) is 0 Å². The van der Waals surface area contributed by atoms with Crippen molar-refractivity contribution < 1.29 is 9.53 Å². The van der Waals surface area contributed by atoms with Crippen molar-refractivity contribution in [1.82, 2.24) is 20.2 Å². The minimum Gasteiger partial charge on any atom is -0.463 e. The van der Waals surface area contributed by atoms with E-state index in [4.69, 9.17) is 4.74 Å². The average Bonchev–Trinajstić information content (AvgIpc) is 2.88. The number of tetrazole rings is 1. The van der Waals surface area contributed by atoms with Gasteiger partial charge in [-0.05, 0) is 34.9 Å². The summed E-state index contributed by atoms with van der Waals surface area (Å²) in [5.41, 5.74) is 0.861. The molecule has 0 aliphatic heterocycles. The lowest BCUT2D eigenvalue weighted by Crippen LogP contribution is -1.99. The fourth-order valence-corrected chi connectivity index (χ4v) is 1.95. The van der Waals surface area contributed by atoms with Crippen LogP contribution < -0.4 is 0 Å². The molecule has 0 atom stereocenters. The second kappa shape index (κ2) is 6.69. The lowest BCUT2D eigenvalue weighted by Gasteiger charge is -2.01. The maximum absolute atomic E-state index is 11.1. The third-order valence-electron chi connectivity index (χ3n) is 2.11. The molecule has 6 nitrogen and oxygen atoms in total. The third kappa shape index (κ3) is 3.65. The molecule has 2 rings (SSSR count).